The predicted octanol–water partition coefficient (Wildman–Crippen LogP) is 2.78. The van der Waals surface area contributed by atoms with Gasteiger partial charge in [0.05, 0.1) is 29.8 Å². The zero-order valence-corrected chi connectivity index (χ0v) is 19.7. The summed E-state index contributed by atoms with van der Waals surface area (Å²) in [7, 11) is 1.51. The number of carbonyl (C=O) groups excluding carboxylic acids is 2. The first-order chi connectivity index (χ1) is 15.4. The first-order valence-electron chi connectivity index (χ1n) is 11.2. The third kappa shape index (κ3) is 6.30. The van der Waals surface area contributed by atoms with Crippen LogP contribution in [0.3, 0.4) is 0 Å². The van der Waals surface area contributed by atoms with Gasteiger partial charge in [-0.2, -0.15) is 0 Å². The van der Waals surface area contributed by atoms with Crippen molar-refractivity contribution in [1.82, 2.24) is 15.1 Å². The molecule has 174 valence electrons. The van der Waals surface area contributed by atoms with Crippen molar-refractivity contribution in [3.8, 4) is 17.6 Å². The first kappa shape index (κ1) is 24.2. The van der Waals surface area contributed by atoms with Crippen molar-refractivity contribution >= 4 is 29.1 Å². The molecule has 2 aliphatic heterocycles. The number of halogens is 1. The van der Waals surface area contributed by atoms with Gasteiger partial charge < -0.3 is 25.6 Å². The number of rotatable bonds is 6. The summed E-state index contributed by atoms with van der Waals surface area (Å²) in [6.45, 7) is 6.38. The minimum absolute atomic E-state index is 0.124. The molecule has 0 spiro atoms. The molecule has 0 aliphatic carbocycles. The van der Waals surface area contributed by atoms with Crippen molar-refractivity contribution in [2.24, 2.45) is 5.92 Å². The molecule has 0 saturated carbocycles. The van der Waals surface area contributed by atoms with E-state index >= 15 is 0 Å². The molecule has 0 radical (unpaired) electrons. The third-order valence-corrected chi connectivity index (χ3v) is 6.71. The number of likely N-dealkylation sites (tertiary alicyclic amines) is 2. The molecule has 1 aromatic rings. The van der Waals surface area contributed by atoms with Gasteiger partial charge in [-0.05, 0) is 44.6 Å². The van der Waals surface area contributed by atoms with Crippen LogP contribution >= 0.6 is 11.6 Å². The fraction of sp³-hybridized carbons (Fsp3) is 0.583. The number of hydrogen-bond acceptors (Lipinski definition) is 5. The Morgan fingerprint density at radius 2 is 1.88 bits per heavy atom. The van der Waals surface area contributed by atoms with Gasteiger partial charge in [0.25, 0.3) is 5.91 Å². The standard InChI is InChI=1S/C24H33ClN4O3/c1-3-4-5-23(30)29-12-6-17(7-13-29)16-28-10-8-18(9-11-28)27-24(31)19-14-20(25)21(26)15-22(19)32-2/h14-15,17-18H,5-13,16,26H2,1-2H3,(H,27,31). The van der Waals surface area contributed by atoms with Gasteiger partial charge in [-0.15, -0.1) is 5.92 Å². The number of nitrogen functional groups attached to an aromatic ring is 1. The largest absolute Gasteiger partial charge is 0.496 e. The summed E-state index contributed by atoms with van der Waals surface area (Å²) in [5.41, 5.74) is 6.60. The van der Waals surface area contributed by atoms with Gasteiger partial charge in [0.15, 0.2) is 0 Å². The summed E-state index contributed by atoms with van der Waals surface area (Å²) in [6, 6.07) is 3.26. The van der Waals surface area contributed by atoms with Crippen LogP contribution in [0.1, 0.15) is 49.4 Å². The third-order valence-electron chi connectivity index (χ3n) is 6.39. The van der Waals surface area contributed by atoms with E-state index in [0.29, 0.717) is 34.4 Å². The Hall–Kier alpha value is -2.43. The number of piperidine rings is 2. The molecule has 2 fully saturated rings. The van der Waals surface area contributed by atoms with Crippen LogP contribution in [-0.4, -0.2) is 67.5 Å². The van der Waals surface area contributed by atoms with E-state index in [2.05, 4.69) is 22.1 Å². The molecule has 0 unspecified atom stereocenters. The van der Waals surface area contributed by atoms with E-state index in [1.54, 1.807) is 19.1 Å². The topological polar surface area (TPSA) is 87.9 Å². The number of nitrogens with one attached hydrogen (secondary N) is 1. The van der Waals surface area contributed by atoms with Gasteiger partial charge in [-0.25, -0.2) is 0 Å². The number of benzene rings is 1. The lowest BCUT2D eigenvalue weighted by atomic mass is 9.94. The quantitative estimate of drug-likeness (QED) is 0.503. The van der Waals surface area contributed by atoms with Gasteiger partial charge in [-0.3, -0.25) is 9.59 Å². The van der Waals surface area contributed by atoms with Crippen LogP contribution in [0, 0.1) is 17.8 Å². The number of amides is 2. The molecule has 2 aliphatic rings. The average molecular weight is 461 g/mol. The Morgan fingerprint density at radius 3 is 2.50 bits per heavy atom. The number of methoxy groups -OCH3 is 1. The molecule has 0 atom stereocenters. The van der Waals surface area contributed by atoms with Gasteiger partial charge in [0.1, 0.15) is 5.75 Å². The highest BCUT2D eigenvalue weighted by Crippen LogP contribution is 2.29. The first-order valence-corrected chi connectivity index (χ1v) is 11.6. The van der Waals surface area contributed by atoms with Crippen LogP contribution in [0.4, 0.5) is 5.69 Å². The van der Waals surface area contributed by atoms with Crippen molar-refractivity contribution in [3.05, 3.63) is 22.7 Å². The van der Waals surface area contributed by atoms with E-state index in [1.165, 1.54) is 7.11 Å². The van der Waals surface area contributed by atoms with E-state index in [0.717, 1.165) is 58.4 Å². The van der Waals surface area contributed by atoms with E-state index in [9.17, 15) is 9.59 Å². The second-order valence-corrected chi connectivity index (χ2v) is 8.96. The van der Waals surface area contributed by atoms with Crippen LogP contribution in [0.5, 0.6) is 5.75 Å². The molecule has 8 heteroatoms. The lowest BCUT2D eigenvalue weighted by Crippen LogP contribution is -2.47. The molecule has 0 aromatic heterocycles. The number of nitrogens with zero attached hydrogens (tertiary/aromatic N) is 2. The molecular weight excluding hydrogens is 428 g/mol. The van der Waals surface area contributed by atoms with E-state index < -0.39 is 0 Å². The zero-order chi connectivity index (χ0) is 23.1. The summed E-state index contributed by atoms with van der Waals surface area (Å²) < 4.78 is 5.30. The maximum atomic E-state index is 12.8. The number of hydrogen-bond donors (Lipinski definition) is 2. The lowest BCUT2D eigenvalue weighted by Gasteiger charge is -2.37. The van der Waals surface area contributed by atoms with E-state index in [4.69, 9.17) is 22.1 Å². The fourth-order valence-corrected chi connectivity index (χ4v) is 4.61. The second-order valence-electron chi connectivity index (χ2n) is 8.55. The number of carbonyl (C=O) groups is 2. The predicted molar refractivity (Wildman–Crippen MR) is 127 cm³/mol. The molecule has 1 aromatic carbocycles. The van der Waals surface area contributed by atoms with Crippen LogP contribution < -0.4 is 15.8 Å². The van der Waals surface area contributed by atoms with Gasteiger partial charge >= 0.3 is 0 Å². The molecule has 2 amide bonds. The van der Waals surface area contributed by atoms with Crippen molar-refractivity contribution in [2.45, 2.75) is 45.1 Å². The van der Waals surface area contributed by atoms with Gasteiger partial charge in [0, 0.05) is 44.8 Å². The highest BCUT2D eigenvalue weighted by molar-refractivity contribution is 6.33. The maximum absolute atomic E-state index is 12.8. The summed E-state index contributed by atoms with van der Waals surface area (Å²) >= 11 is 6.10. The summed E-state index contributed by atoms with van der Waals surface area (Å²) in [4.78, 5) is 29.3. The van der Waals surface area contributed by atoms with Crippen molar-refractivity contribution in [3.63, 3.8) is 0 Å². The Balaban J connectivity index is 1.42. The van der Waals surface area contributed by atoms with E-state index in [-0.39, 0.29) is 17.9 Å². The summed E-state index contributed by atoms with van der Waals surface area (Å²) in [6.07, 6.45) is 4.22. The van der Waals surface area contributed by atoms with Crippen LogP contribution in [0.15, 0.2) is 12.1 Å². The highest BCUT2D eigenvalue weighted by Gasteiger charge is 2.27. The minimum atomic E-state index is -0.188. The summed E-state index contributed by atoms with van der Waals surface area (Å²) in [5, 5.41) is 3.46. The molecule has 3 rings (SSSR count). The number of anilines is 1. The molecule has 7 nitrogen and oxygen atoms in total. The monoisotopic (exact) mass is 460 g/mol. The van der Waals surface area contributed by atoms with Crippen LogP contribution in [-0.2, 0) is 4.79 Å². The smallest absolute Gasteiger partial charge is 0.255 e. The number of ether oxygens (including phenoxy) is 1. The number of nitrogens with two attached hydrogens (primary N) is 1. The Bertz CT molecular complexity index is 879. The Labute approximate surface area is 195 Å². The second kappa shape index (κ2) is 11.4. The van der Waals surface area contributed by atoms with Crippen molar-refractivity contribution in [1.29, 1.82) is 0 Å². The van der Waals surface area contributed by atoms with E-state index in [1.807, 2.05) is 4.90 Å². The Kier molecular flexibility index (Phi) is 8.66. The van der Waals surface area contributed by atoms with Crippen molar-refractivity contribution < 1.29 is 14.3 Å². The van der Waals surface area contributed by atoms with Gasteiger partial charge in [-0.1, -0.05) is 17.5 Å². The zero-order valence-electron chi connectivity index (χ0n) is 19.0. The lowest BCUT2D eigenvalue weighted by molar-refractivity contribution is -0.131. The molecule has 2 saturated heterocycles. The molecular formula is C24H33ClN4O3. The molecule has 32 heavy (non-hydrogen) atoms. The normalized spacial score (nSPS) is 18.0. The molecule has 2 heterocycles. The molecule has 0 bridgehead atoms. The molecule has 3 N–H and O–H groups in total. The highest BCUT2D eigenvalue weighted by atomic mass is 35.5. The van der Waals surface area contributed by atoms with Crippen LogP contribution in [0.25, 0.3) is 0 Å². The minimum Gasteiger partial charge on any atom is -0.496 e. The fourth-order valence-electron chi connectivity index (χ4n) is 4.44. The maximum Gasteiger partial charge on any atom is 0.255 e. The van der Waals surface area contributed by atoms with Crippen LogP contribution in [0.2, 0.25) is 5.02 Å². The average Bonchev–Trinajstić information content (AvgIpc) is 2.80. The van der Waals surface area contributed by atoms with Gasteiger partial charge in [0.2, 0.25) is 5.91 Å². The van der Waals surface area contributed by atoms with Crippen molar-refractivity contribution in [2.75, 3.05) is 45.6 Å². The Morgan fingerprint density at radius 1 is 1.19 bits per heavy atom. The SMILES string of the molecule is CC#CCC(=O)N1CCC(CN2CCC(NC(=O)c3cc(Cl)c(N)cc3OC)CC2)CC1. The summed E-state index contributed by atoms with van der Waals surface area (Å²) in [5.74, 6) is 6.65.